The topological polar surface area (TPSA) is 74.2 Å². The third-order valence-electron chi connectivity index (χ3n) is 2.18. The summed E-state index contributed by atoms with van der Waals surface area (Å²) in [6.07, 6.45) is 0. The highest BCUT2D eigenvalue weighted by Crippen LogP contribution is 2.42. The van der Waals surface area contributed by atoms with Gasteiger partial charge in [-0.3, -0.25) is 9.05 Å². The summed E-state index contributed by atoms with van der Waals surface area (Å²) in [4.78, 5) is 9.38. The van der Waals surface area contributed by atoms with E-state index in [0.29, 0.717) is 22.7 Å². The van der Waals surface area contributed by atoms with Crippen LogP contribution in [-0.4, -0.2) is 31.3 Å². The van der Waals surface area contributed by atoms with Crippen molar-refractivity contribution in [2.24, 2.45) is 0 Å². The van der Waals surface area contributed by atoms with E-state index >= 15 is 0 Å². The summed E-state index contributed by atoms with van der Waals surface area (Å²) in [7, 11) is -4.12. The van der Waals surface area contributed by atoms with E-state index in [4.69, 9.17) is 18.5 Å². The van der Waals surface area contributed by atoms with Crippen molar-refractivity contribution in [2.75, 3.05) is 26.4 Å². The van der Waals surface area contributed by atoms with Gasteiger partial charge < -0.3 is 14.4 Å². The van der Waals surface area contributed by atoms with E-state index in [2.05, 4.69) is 26.3 Å². The van der Waals surface area contributed by atoms with Gasteiger partial charge in [-0.25, -0.2) is 4.57 Å². The molecule has 0 fully saturated rings. The van der Waals surface area contributed by atoms with Crippen molar-refractivity contribution in [1.29, 1.82) is 0 Å². The van der Waals surface area contributed by atoms with Crippen LogP contribution in [0.3, 0.4) is 0 Å². The Morgan fingerprint density at radius 3 is 1.48 bits per heavy atom. The zero-order valence-corrected chi connectivity index (χ0v) is 13.5. The van der Waals surface area contributed by atoms with Crippen molar-refractivity contribution >= 4 is 7.82 Å². The lowest BCUT2D eigenvalue weighted by atomic mass is 10.3. The molecule has 7 heteroatoms. The molecule has 0 aliphatic rings. The average Bonchev–Trinajstić information content (AvgIpc) is 2.38. The van der Waals surface area contributed by atoms with Gasteiger partial charge in [0.05, 0.1) is 13.2 Å². The summed E-state index contributed by atoms with van der Waals surface area (Å²) in [6, 6.07) is 0. The maximum atomic E-state index is 11.5. The Balaban J connectivity index is 3.81. The number of ether oxygens (including phenoxy) is 2. The summed E-state index contributed by atoms with van der Waals surface area (Å²) in [5.74, 6) is 0.804. The number of phosphoric acid groups is 1. The molecule has 21 heavy (non-hydrogen) atoms. The van der Waals surface area contributed by atoms with Gasteiger partial charge in [0.25, 0.3) is 0 Å². The van der Waals surface area contributed by atoms with Gasteiger partial charge in [-0.15, -0.1) is 0 Å². The molecule has 0 amide bonds. The fourth-order valence-corrected chi connectivity index (χ4v) is 1.60. The Morgan fingerprint density at radius 2 is 1.19 bits per heavy atom. The molecule has 1 N–H and O–H groups in total. The second-order valence-corrected chi connectivity index (χ2v) is 5.69. The molecule has 0 aromatic heterocycles. The second kappa shape index (κ2) is 9.58. The molecular weight excluding hydrogens is 295 g/mol. The molecule has 6 nitrogen and oxygen atoms in total. The van der Waals surface area contributed by atoms with Gasteiger partial charge >= 0.3 is 7.82 Å². The monoisotopic (exact) mass is 318 g/mol. The van der Waals surface area contributed by atoms with Crippen molar-refractivity contribution in [1.82, 2.24) is 0 Å². The highest BCUT2D eigenvalue weighted by Gasteiger charge is 2.20. The van der Waals surface area contributed by atoms with Gasteiger partial charge in [-0.1, -0.05) is 26.3 Å². The lowest BCUT2D eigenvalue weighted by molar-refractivity contribution is 0.0914. The van der Waals surface area contributed by atoms with Crippen LogP contribution in [0.25, 0.3) is 0 Å². The Kier molecular flexibility index (Phi) is 8.97. The number of rotatable bonds is 12. The van der Waals surface area contributed by atoms with Crippen molar-refractivity contribution in [3.8, 4) is 0 Å². The van der Waals surface area contributed by atoms with E-state index in [1.54, 1.807) is 13.8 Å². The molecule has 120 valence electrons. The summed E-state index contributed by atoms with van der Waals surface area (Å²) >= 11 is 0. The minimum absolute atomic E-state index is 0.0720. The predicted molar refractivity (Wildman–Crippen MR) is 81.5 cm³/mol. The van der Waals surface area contributed by atoms with Crippen molar-refractivity contribution in [3.63, 3.8) is 0 Å². The lowest BCUT2D eigenvalue weighted by Gasteiger charge is -2.14. The molecule has 0 aromatic carbocycles. The van der Waals surface area contributed by atoms with Crippen LogP contribution < -0.4 is 0 Å². The molecule has 0 rings (SSSR count). The Morgan fingerprint density at radius 1 is 0.857 bits per heavy atom. The van der Waals surface area contributed by atoms with Crippen LogP contribution >= 0.6 is 7.82 Å². The normalized spacial score (nSPS) is 10.8. The zero-order chi connectivity index (χ0) is 16.5. The third kappa shape index (κ3) is 10.1. The van der Waals surface area contributed by atoms with Crippen LogP contribution in [0.2, 0.25) is 0 Å². The Hall–Kier alpha value is -1.33. The molecule has 0 aliphatic heterocycles. The first-order valence-electron chi connectivity index (χ1n) is 6.22. The van der Waals surface area contributed by atoms with Crippen LogP contribution in [-0.2, 0) is 23.1 Å². The molecule has 0 unspecified atom stereocenters. The van der Waals surface area contributed by atoms with E-state index in [0.717, 1.165) is 0 Å². The standard InChI is InChI=1S/C14H23O6P/c1-11(2)13(5)17-7-9-19-21(15,16)20-10-8-18-14(6)12(3)4/h1,3,5-10H2,2,4H3,(H,15,16). The first-order chi connectivity index (χ1) is 9.65. The summed E-state index contributed by atoms with van der Waals surface area (Å²) in [6.45, 7) is 17.9. The van der Waals surface area contributed by atoms with Gasteiger partial charge in [-0.2, -0.15) is 0 Å². The van der Waals surface area contributed by atoms with E-state index in [1.807, 2.05) is 0 Å². The fourth-order valence-electron chi connectivity index (χ4n) is 0.919. The summed E-state index contributed by atoms with van der Waals surface area (Å²) in [5.41, 5.74) is 1.35. The first kappa shape index (κ1) is 19.7. The second-order valence-electron chi connectivity index (χ2n) is 4.24. The largest absolute Gasteiger partial charge is 0.492 e. The van der Waals surface area contributed by atoms with Crippen LogP contribution in [0.15, 0.2) is 49.0 Å². The number of hydrogen-bond donors (Lipinski definition) is 1. The molecule has 0 saturated heterocycles. The number of hydrogen-bond acceptors (Lipinski definition) is 5. The van der Waals surface area contributed by atoms with Crippen LogP contribution in [0.4, 0.5) is 0 Å². The van der Waals surface area contributed by atoms with Crippen LogP contribution in [0.5, 0.6) is 0 Å². The number of allylic oxidation sites excluding steroid dienone is 2. The molecule has 0 atom stereocenters. The third-order valence-corrected chi connectivity index (χ3v) is 3.20. The summed E-state index contributed by atoms with van der Waals surface area (Å²) < 4.78 is 31.2. The first-order valence-corrected chi connectivity index (χ1v) is 7.72. The van der Waals surface area contributed by atoms with E-state index < -0.39 is 7.82 Å². The number of phosphoric ester groups is 1. The maximum absolute atomic E-state index is 11.5. The predicted octanol–water partition coefficient (Wildman–Crippen LogP) is 3.33. The minimum atomic E-state index is -4.12. The maximum Gasteiger partial charge on any atom is 0.472 e. The smallest absolute Gasteiger partial charge is 0.472 e. The van der Waals surface area contributed by atoms with Crippen molar-refractivity contribution < 1.29 is 28.0 Å². The van der Waals surface area contributed by atoms with E-state index in [-0.39, 0.29) is 26.4 Å². The van der Waals surface area contributed by atoms with Crippen molar-refractivity contribution in [3.05, 3.63) is 49.0 Å². The minimum Gasteiger partial charge on any atom is -0.492 e. The summed E-state index contributed by atoms with van der Waals surface area (Å²) in [5, 5.41) is 0. The fraction of sp³-hybridized carbons (Fsp3) is 0.429. The highest BCUT2D eigenvalue weighted by molar-refractivity contribution is 7.47. The van der Waals surface area contributed by atoms with Crippen molar-refractivity contribution in [2.45, 2.75) is 13.8 Å². The molecular formula is C14H23O6P. The molecule has 0 radical (unpaired) electrons. The van der Waals surface area contributed by atoms with Gasteiger partial charge in [0.15, 0.2) is 0 Å². The average molecular weight is 318 g/mol. The Bertz CT molecular complexity index is 416. The zero-order valence-electron chi connectivity index (χ0n) is 12.6. The van der Waals surface area contributed by atoms with E-state index in [1.165, 1.54) is 0 Å². The Labute approximate surface area is 126 Å². The molecule has 0 bridgehead atoms. The highest BCUT2D eigenvalue weighted by atomic mass is 31.2. The molecule has 0 aliphatic carbocycles. The molecule has 0 heterocycles. The molecule has 0 saturated carbocycles. The SMILES string of the molecule is C=C(C)C(=C)OCCOP(=O)(O)OCCOC(=C)C(=C)C. The van der Waals surface area contributed by atoms with Gasteiger partial charge in [0, 0.05) is 0 Å². The quantitative estimate of drug-likeness (QED) is 0.257. The van der Waals surface area contributed by atoms with Gasteiger partial charge in [0.2, 0.25) is 0 Å². The van der Waals surface area contributed by atoms with E-state index in [9.17, 15) is 9.46 Å². The van der Waals surface area contributed by atoms with Gasteiger partial charge in [0.1, 0.15) is 24.7 Å². The lowest BCUT2D eigenvalue weighted by Crippen LogP contribution is -2.07. The molecule has 0 spiro atoms. The van der Waals surface area contributed by atoms with Crippen LogP contribution in [0, 0.1) is 0 Å². The van der Waals surface area contributed by atoms with Crippen LogP contribution in [0.1, 0.15) is 13.8 Å². The van der Waals surface area contributed by atoms with Gasteiger partial charge in [-0.05, 0) is 25.0 Å². The molecule has 0 aromatic rings.